The molecule has 0 radical (unpaired) electrons. The highest BCUT2D eigenvalue weighted by molar-refractivity contribution is 7.16. The molecule has 0 saturated heterocycles. The lowest BCUT2D eigenvalue weighted by Gasteiger charge is -2.08. The van der Waals surface area contributed by atoms with Crippen molar-refractivity contribution < 1.29 is 9.13 Å². The summed E-state index contributed by atoms with van der Waals surface area (Å²) in [6.45, 7) is 1.77. The van der Waals surface area contributed by atoms with Crippen molar-refractivity contribution in [2.45, 2.75) is 13.5 Å². The average molecular weight is 309 g/mol. The van der Waals surface area contributed by atoms with Crippen LogP contribution in [0.3, 0.4) is 0 Å². The Labute approximate surface area is 124 Å². The van der Waals surface area contributed by atoms with Crippen LogP contribution in [-0.4, -0.2) is 9.97 Å². The Morgan fingerprint density at radius 3 is 3.00 bits per heavy atom. The van der Waals surface area contributed by atoms with Gasteiger partial charge in [0, 0.05) is 5.39 Å². The molecule has 0 amide bonds. The fourth-order valence-electron chi connectivity index (χ4n) is 1.80. The number of ether oxygens (including phenoxy) is 1. The van der Waals surface area contributed by atoms with Gasteiger partial charge in [0.15, 0.2) is 17.4 Å². The first-order valence-corrected chi connectivity index (χ1v) is 7.18. The fourth-order valence-corrected chi connectivity index (χ4v) is 2.89. The van der Waals surface area contributed by atoms with Crippen LogP contribution in [0.5, 0.6) is 5.75 Å². The molecule has 1 aromatic carbocycles. The Balaban J connectivity index is 1.84. The van der Waals surface area contributed by atoms with E-state index in [1.54, 1.807) is 25.1 Å². The molecule has 0 atom stereocenters. The Kier molecular flexibility index (Phi) is 3.54. The van der Waals surface area contributed by atoms with Crippen molar-refractivity contribution in [2.24, 2.45) is 0 Å². The molecule has 2 heterocycles. The first kappa shape index (κ1) is 13.3. The first-order valence-electron chi connectivity index (χ1n) is 5.92. The van der Waals surface area contributed by atoms with E-state index in [1.807, 2.05) is 11.4 Å². The molecule has 3 rings (SSSR count). The number of aryl methyl sites for hydroxylation is 1. The summed E-state index contributed by atoms with van der Waals surface area (Å²) >= 11 is 7.55. The summed E-state index contributed by atoms with van der Waals surface area (Å²) in [5, 5.41) is 3.11. The predicted molar refractivity (Wildman–Crippen MR) is 77.9 cm³/mol. The lowest BCUT2D eigenvalue weighted by atomic mass is 10.2. The molecule has 0 aliphatic carbocycles. The zero-order valence-electron chi connectivity index (χ0n) is 10.6. The molecule has 0 spiro atoms. The van der Waals surface area contributed by atoms with Crippen molar-refractivity contribution in [1.29, 1.82) is 0 Å². The molecule has 3 nitrogen and oxygen atoms in total. The molecule has 0 aliphatic rings. The van der Waals surface area contributed by atoms with Crippen LogP contribution in [0.15, 0.2) is 29.6 Å². The van der Waals surface area contributed by atoms with Gasteiger partial charge in [0.2, 0.25) is 0 Å². The Hall–Kier alpha value is -1.72. The Morgan fingerprint density at radius 1 is 1.30 bits per heavy atom. The van der Waals surface area contributed by atoms with E-state index < -0.39 is 0 Å². The molecule has 0 aliphatic heterocycles. The van der Waals surface area contributed by atoms with E-state index in [0.717, 1.165) is 10.2 Å². The number of hydrogen-bond donors (Lipinski definition) is 0. The van der Waals surface area contributed by atoms with Crippen molar-refractivity contribution in [3.8, 4) is 5.75 Å². The average Bonchev–Trinajstić information content (AvgIpc) is 2.89. The van der Waals surface area contributed by atoms with E-state index in [4.69, 9.17) is 16.3 Å². The van der Waals surface area contributed by atoms with Crippen molar-refractivity contribution >= 4 is 33.2 Å². The normalized spacial score (nSPS) is 10.9. The second-order valence-electron chi connectivity index (χ2n) is 4.25. The Bertz CT molecular complexity index is 775. The third-order valence-electron chi connectivity index (χ3n) is 2.84. The van der Waals surface area contributed by atoms with E-state index in [0.29, 0.717) is 16.5 Å². The van der Waals surface area contributed by atoms with Gasteiger partial charge in [0.05, 0.1) is 0 Å². The number of fused-ring (bicyclic) bond motifs is 1. The highest BCUT2D eigenvalue weighted by Gasteiger charge is 2.10. The molecule has 0 N–H and O–H groups in total. The summed E-state index contributed by atoms with van der Waals surface area (Å²) < 4.78 is 19.2. The van der Waals surface area contributed by atoms with E-state index >= 15 is 0 Å². The summed E-state index contributed by atoms with van der Waals surface area (Å²) in [7, 11) is 0. The van der Waals surface area contributed by atoms with Gasteiger partial charge in [-0.1, -0.05) is 23.7 Å². The van der Waals surface area contributed by atoms with Crippen LogP contribution in [0.1, 0.15) is 11.4 Å². The van der Waals surface area contributed by atoms with Gasteiger partial charge in [-0.2, -0.15) is 0 Å². The largest absolute Gasteiger partial charge is 0.483 e. The second kappa shape index (κ2) is 5.34. The molecule has 0 saturated carbocycles. The van der Waals surface area contributed by atoms with Crippen molar-refractivity contribution in [1.82, 2.24) is 9.97 Å². The number of rotatable bonds is 3. The van der Waals surface area contributed by atoms with Crippen molar-refractivity contribution in [3.05, 3.63) is 52.0 Å². The quantitative estimate of drug-likeness (QED) is 0.674. The molecule has 0 fully saturated rings. The van der Waals surface area contributed by atoms with Crippen molar-refractivity contribution in [2.75, 3.05) is 0 Å². The van der Waals surface area contributed by atoms with Crippen LogP contribution in [0, 0.1) is 12.7 Å². The topological polar surface area (TPSA) is 35.0 Å². The third kappa shape index (κ3) is 2.46. The number of aromatic nitrogens is 2. The number of halogens is 2. The third-order valence-corrected chi connectivity index (χ3v) is 3.93. The standard InChI is InChI=1S/C14H10ClFN2OS/c1-8-3-2-4-10(12(8)16)19-7-11-17-13(15)9-5-6-20-14(9)18-11/h2-6H,7H2,1H3. The lowest BCUT2D eigenvalue weighted by Crippen LogP contribution is -2.03. The number of nitrogens with zero attached hydrogens (tertiary/aromatic N) is 2. The smallest absolute Gasteiger partial charge is 0.169 e. The van der Waals surface area contributed by atoms with Gasteiger partial charge in [-0.05, 0) is 30.0 Å². The van der Waals surface area contributed by atoms with Gasteiger partial charge in [-0.3, -0.25) is 0 Å². The molecule has 2 aromatic heterocycles. The first-order chi connectivity index (χ1) is 9.65. The van der Waals surface area contributed by atoms with Crippen LogP contribution >= 0.6 is 22.9 Å². The number of benzene rings is 1. The maximum atomic E-state index is 13.8. The van der Waals surface area contributed by atoms with Gasteiger partial charge in [-0.15, -0.1) is 11.3 Å². The molecule has 0 unspecified atom stereocenters. The zero-order valence-corrected chi connectivity index (χ0v) is 12.1. The number of thiophene rings is 1. The molecular weight excluding hydrogens is 299 g/mol. The monoisotopic (exact) mass is 308 g/mol. The highest BCUT2D eigenvalue weighted by atomic mass is 35.5. The van der Waals surface area contributed by atoms with Crippen LogP contribution in [0.2, 0.25) is 5.15 Å². The van der Waals surface area contributed by atoms with Crippen LogP contribution in [0.25, 0.3) is 10.2 Å². The highest BCUT2D eigenvalue weighted by Crippen LogP contribution is 2.25. The van der Waals surface area contributed by atoms with Gasteiger partial charge < -0.3 is 4.74 Å². The van der Waals surface area contributed by atoms with Crippen LogP contribution < -0.4 is 4.74 Å². The summed E-state index contributed by atoms with van der Waals surface area (Å²) in [5.74, 6) is 0.262. The van der Waals surface area contributed by atoms with Gasteiger partial charge in [0.1, 0.15) is 16.6 Å². The summed E-state index contributed by atoms with van der Waals surface area (Å²) in [6, 6.07) is 6.87. The van der Waals surface area contributed by atoms with Gasteiger partial charge in [0.25, 0.3) is 0 Å². The van der Waals surface area contributed by atoms with E-state index in [-0.39, 0.29) is 18.2 Å². The van der Waals surface area contributed by atoms with E-state index in [1.165, 1.54) is 11.3 Å². The SMILES string of the molecule is Cc1cccc(OCc2nc(Cl)c3ccsc3n2)c1F. The maximum absolute atomic E-state index is 13.8. The molecule has 20 heavy (non-hydrogen) atoms. The van der Waals surface area contributed by atoms with Crippen molar-refractivity contribution in [3.63, 3.8) is 0 Å². The van der Waals surface area contributed by atoms with Gasteiger partial charge in [-0.25, -0.2) is 14.4 Å². The van der Waals surface area contributed by atoms with Crippen LogP contribution in [0.4, 0.5) is 4.39 Å². The summed E-state index contributed by atoms with van der Waals surface area (Å²) in [5.41, 5.74) is 0.537. The Morgan fingerprint density at radius 2 is 2.15 bits per heavy atom. The van der Waals surface area contributed by atoms with E-state index in [2.05, 4.69) is 9.97 Å². The second-order valence-corrected chi connectivity index (χ2v) is 5.50. The van der Waals surface area contributed by atoms with Crippen LogP contribution in [-0.2, 0) is 6.61 Å². The fraction of sp³-hybridized carbons (Fsp3) is 0.143. The summed E-state index contributed by atoms with van der Waals surface area (Å²) in [6.07, 6.45) is 0. The molecule has 3 aromatic rings. The minimum absolute atomic E-state index is 0.0773. The molecule has 102 valence electrons. The summed E-state index contributed by atoms with van der Waals surface area (Å²) in [4.78, 5) is 9.29. The lowest BCUT2D eigenvalue weighted by molar-refractivity contribution is 0.281. The van der Waals surface area contributed by atoms with Gasteiger partial charge >= 0.3 is 0 Å². The minimum Gasteiger partial charge on any atom is -0.483 e. The van der Waals surface area contributed by atoms with E-state index in [9.17, 15) is 4.39 Å². The molecule has 0 bridgehead atoms. The molecule has 6 heteroatoms. The maximum Gasteiger partial charge on any atom is 0.169 e. The number of hydrogen-bond acceptors (Lipinski definition) is 4. The molecular formula is C14H10ClFN2OS. The zero-order chi connectivity index (χ0) is 14.1. The predicted octanol–water partition coefficient (Wildman–Crippen LogP) is 4.37. The minimum atomic E-state index is -0.365.